The summed E-state index contributed by atoms with van der Waals surface area (Å²) in [6.07, 6.45) is 1.18. The second kappa shape index (κ2) is 10.9. The summed E-state index contributed by atoms with van der Waals surface area (Å²) in [5.41, 5.74) is -0.134. The first kappa shape index (κ1) is 27.8. The van der Waals surface area contributed by atoms with Crippen molar-refractivity contribution in [2.45, 2.75) is 38.1 Å². The van der Waals surface area contributed by atoms with Crippen molar-refractivity contribution < 1.29 is 40.1 Å². The molecule has 1 aromatic carbocycles. The molecule has 0 unspecified atom stereocenters. The van der Waals surface area contributed by atoms with Crippen LogP contribution in [0.2, 0.25) is 0 Å². The highest BCUT2D eigenvalue weighted by atomic mass is 32.2. The average Bonchev–Trinajstić information content (AvgIpc) is 3.42. The predicted molar refractivity (Wildman–Crippen MR) is 125 cm³/mol. The highest BCUT2D eigenvalue weighted by Gasteiger charge is 2.35. The van der Waals surface area contributed by atoms with Gasteiger partial charge in [0.1, 0.15) is 12.1 Å². The monoisotopic (exact) mass is 556 g/mol. The number of aliphatic hydroxyl groups excluding tert-OH is 1. The van der Waals surface area contributed by atoms with E-state index in [0.717, 1.165) is 12.1 Å². The molecule has 9 nitrogen and oxygen atoms in total. The molecule has 1 aliphatic rings. The molecule has 0 bridgehead atoms. The summed E-state index contributed by atoms with van der Waals surface area (Å²) in [6, 6.07) is 3.76. The highest BCUT2D eigenvalue weighted by Crippen LogP contribution is 2.34. The van der Waals surface area contributed by atoms with Crippen molar-refractivity contribution in [3.8, 4) is 0 Å². The molecule has 2 heterocycles. The number of aromatic nitrogens is 3. The van der Waals surface area contributed by atoms with Gasteiger partial charge in [-0.25, -0.2) is 19.5 Å². The van der Waals surface area contributed by atoms with Crippen molar-refractivity contribution in [3.05, 3.63) is 82.9 Å². The summed E-state index contributed by atoms with van der Waals surface area (Å²) in [6.45, 7) is -0.344. The number of rotatable bonds is 9. The van der Waals surface area contributed by atoms with E-state index in [0.29, 0.717) is 31.0 Å². The molecule has 1 aliphatic carbocycles. The topological polar surface area (TPSA) is 137 Å². The number of benzene rings is 1. The predicted octanol–water partition coefficient (Wildman–Crippen LogP) is 2.87. The van der Waals surface area contributed by atoms with Crippen molar-refractivity contribution in [3.63, 3.8) is 0 Å². The first-order valence-corrected chi connectivity index (χ1v) is 13.0. The number of carbonyl (C=O) groups excluding carboxylic acids is 1. The van der Waals surface area contributed by atoms with Crippen LogP contribution in [0.4, 0.5) is 17.6 Å². The number of hydrogen-bond donors (Lipinski definition) is 2. The third-order valence-corrected chi connectivity index (χ3v) is 6.85. The minimum atomic E-state index is -4.69. The van der Waals surface area contributed by atoms with E-state index in [2.05, 4.69) is 14.2 Å². The van der Waals surface area contributed by atoms with E-state index in [1.807, 2.05) is 0 Å². The molecule has 0 radical (unpaired) electrons. The fraction of sp³-hybridized carbons (Fsp3) is 0.375. The zero-order valence-electron chi connectivity index (χ0n) is 19.8. The van der Waals surface area contributed by atoms with Crippen LogP contribution >= 0.6 is 0 Å². The van der Waals surface area contributed by atoms with Gasteiger partial charge in [-0.15, -0.1) is 0 Å². The lowest BCUT2D eigenvalue weighted by atomic mass is 9.95. The van der Waals surface area contributed by atoms with E-state index in [4.69, 9.17) is 5.14 Å². The van der Waals surface area contributed by atoms with Gasteiger partial charge in [0.25, 0.3) is 0 Å². The van der Waals surface area contributed by atoms with Crippen LogP contribution < -0.4 is 5.14 Å². The minimum absolute atomic E-state index is 0.0800. The van der Waals surface area contributed by atoms with Crippen LogP contribution in [0.5, 0.6) is 0 Å². The zero-order valence-corrected chi connectivity index (χ0v) is 20.6. The van der Waals surface area contributed by atoms with Crippen molar-refractivity contribution in [1.82, 2.24) is 14.5 Å². The molecule has 14 heteroatoms. The Morgan fingerprint density at radius 1 is 1.24 bits per heavy atom. The summed E-state index contributed by atoms with van der Waals surface area (Å²) in [5, 5.41) is 15.1. The molecule has 3 aromatic rings. The van der Waals surface area contributed by atoms with Crippen LogP contribution in [0.1, 0.15) is 45.6 Å². The number of hydrogen-bond acceptors (Lipinski definition) is 7. The van der Waals surface area contributed by atoms with Gasteiger partial charge in [0.15, 0.2) is 5.78 Å². The molecule has 2 aromatic heterocycles. The van der Waals surface area contributed by atoms with Crippen LogP contribution in [0.3, 0.4) is 0 Å². The average molecular weight is 557 g/mol. The Hall–Kier alpha value is -3.20. The van der Waals surface area contributed by atoms with E-state index in [-0.39, 0.29) is 35.8 Å². The van der Waals surface area contributed by atoms with Crippen molar-refractivity contribution in [2.24, 2.45) is 17.0 Å². The second-order valence-corrected chi connectivity index (χ2v) is 10.5. The van der Waals surface area contributed by atoms with Gasteiger partial charge in [-0.1, -0.05) is 0 Å². The molecule has 1 fully saturated rings. The summed E-state index contributed by atoms with van der Waals surface area (Å²) in [4.78, 5) is 21.4. The Labute approximate surface area is 215 Å². The number of halogens is 4. The van der Waals surface area contributed by atoms with Crippen LogP contribution in [-0.2, 0) is 33.6 Å². The Morgan fingerprint density at radius 2 is 2.00 bits per heavy atom. The Bertz CT molecular complexity index is 1430. The Kier molecular flexibility index (Phi) is 7.97. The normalized spacial score (nSPS) is 20.1. The molecule has 0 aliphatic heterocycles. The number of nitrogens with two attached hydrogens (primary N) is 1. The molecular formula is C24H24F4N4O5S. The van der Waals surface area contributed by atoms with E-state index >= 15 is 0 Å². The SMILES string of the molecule is NS(=O)(=O)OC[C@H]1C[C@@H](Cc2ncncc2C(=O)c2ccn(Cc3cc(F)cc(C(F)(F)F)c3)c2)C[C@@H]1O. The second-order valence-electron chi connectivity index (χ2n) is 9.28. The number of nitrogens with zero attached hydrogens (tertiary/aromatic N) is 3. The van der Waals surface area contributed by atoms with E-state index in [9.17, 15) is 35.9 Å². The maximum absolute atomic E-state index is 13.7. The standard InChI is InChI=1S/C24H24F4N4O5S/c25-19-5-15(4-18(8-19)24(26,27)28)10-32-2-1-16(11-32)23(34)20-9-30-13-31-21(20)6-14-3-17(22(33)7-14)12-37-38(29,35)36/h1-2,4-5,8-9,11,13-14,17,22,33H,3,6-7,10,12H2,(H2,29,35,36)/t14-,17+,22-/m0/s1. The molecule has 0 spiro atoms. The number of ketones is 1. The third kappa shape index (κ3) is 7.01. The Balaban J connectivity index is 1.46. The van der Waals surface area contributed by atoms with Crippen molar-refractivity contribution in [2.75, 3.05) is 6.61 Å². The van der Waals surface area contributed by atoms with Gasteiger partial charge < -0.3 is 9.67 Å². The van der Waals surface area contributed by atoms with Crippen LogP contribution in [0, 0.1) is 17.7 Å². The first-order chi connectivity index (χ1) is 17.8. The van der Waals surface area contributed by atoms with Gasteiger partial charge >= 0.3 is 16.5 Å². The molecule has 4 rings (SSSR count). The van der Waals surface area contributed by atoms with E-state index < -0.39 is 45.7 Å². The van der Waals surface area contributed by atoms with Crippen LogP contribution in [0.15, 0.2) is 49.2 Å². The summed E-state index contributed by atoms with van der Waals surface area (Å²) in [7, 11) is -4.14. The molecule has 38 heavy (non-hydrogen) atoms. The zero-order chi connectivity index (χ0) is 27.7. The fourth-order valence-corrected chi connectivity index (χ4v) is 5.03. The lowest BCUT2D eigenvalue weighted by Gasteiger charge is -2.13. The first-order valence-electron chi connectivity index (χ1n) is 11.5. The van der Waals surface area contributed by atoms with Gasteiger partial charge in [-0.05, 0) is 55.0 Å². The molecule has 0 amide bonds. The molecule has 3 N–H and O–H groups in total. The van der Waals surface area contributed by atoms with E-state index in [1.54, 1.807) is 0 Å². The smallest absolute Gasteiger partial charge is 0.393 e. The van der Waals surface area contributed by atoms with Crippen LogP contribution in [-0.4, -0.2) is 46.6 Å². The molecule has 204 valence electrons. The third-order valence-electron chi connectivity index (χ3n) is 6.39. The maximum atomic E-state index is 13.7. The molecule has 1 saturated carbocycles. The largest absolute Gasteiger partial charge is 0.416 e. The van der Waals surface area contributed by atoms with E-state index in [1.165, 1.54) is 35.6 Å². The van der Waals surface area contributed by atoms with Gasteiger partial charge in [-0.3, -0.25) is 8.98 Å². The summed E-state index contributed by atoms with van der Waals surface area (Å²) < 4.78 is 81.0. The molecular weight excluding hydrogens is 532 g/mol. The van der Waals surface area contributed by atoms with Gasteiger partial charge in [0, 0.05) is 36.6 Å². The van der Waals surface area contributed by atoms with Gasteiger partial charge in [0.05, 0.1) is 29.5 Å². The maximum Gasteiger partial charge on any atom is 0.416 e. The Morgan fingerprint density at radius 3 is 2.71 bits per heavy atom. The number of carbonyl (C=O) groups is 1. The summed E-state index contributed by atoms with van der Waals surface area (Å²) >= 11 is 0. The van der Waals surface area contributed by atoms with Crippen LogP contribution in [0.25, 0.3) is 0 Å². The van der Waals surface area contributed by atoms with Gasteiger partial charge in [-0.2, -0.15) is 21.6 Å². The van der Waals surface area contributed by atoms with Crippen molar-refractivity contribution >= 4 is 16.1 Å². The number of aliphatic hydroxyl groups is 1. The summed E-state index contributed by atoms with van der Waals surface area (Å²) in [5.74, 6) is -1.99. The minimum Gasteiger partial charge on any atom is -0.393 e. The lowest BCUT2D eigenvalue weighted by molar-refractivity contribution is -0.137. The van der Waals surface area contributed by atoms with Crippen molar-refractivity contribution in [1.29, 1.82) is 0 Å². The quantitative estimate of drug-likeness (QED) is 0.305. The van der Waals surface area contributed by atoms with Gasteiger partial charge in [0.2, 0.25) is 0 Å². The fourth-order valence-electron chi connectivity index (χ4n) is 4.67. The number of alkyl halides is 3. The molecule has 0 saturated heterocycles. The highest BCUT2D eigenvalue weighted by molar-refractivity contribution is 7.84. The molecule has 3 atom stereocenters. The lowest BCUT2D eigenvalue weighted by Crippen LogP contribution is -2.24.